The number of Topliss-reactive ketones (excluding diaryl/α,β-unsaturated/α-hetero) is 1. The second kappa shape index (κ2) is 8.30. The molecule has 1 aliphatic rings. The van der Waals surface area contributed by atoms with Crippen LogP contribution in [0.3, 0.4) is 0 Å². The van der Waals surface area contributed by atoms with Crippen LogP contribution in [0.5, 0.6) is 5.75 Å². The Balaban J connectivity index is 1.56. The van der Waals surface area contributed by atoms with Crippen LogP contribution in [-0.4, -0.2) is 42.4 Å². The fourth-order valence-corrected chi connectivity index (χ4v) is 3.65. The highest BCUT2D eigenvalue weighted by molar-refractivity contribution is 7.14. The molecule has 1 saturated heterocycles. The number of benzene rings is 1. The summed E-state index contributed by atoms with van der Waals surface area (Å²) in [4.78, 5) is 42.2. The van der Waals surface area contributed by atoms with Gasteiger partial charge in [0.2, 0.25) is 11.7 Å². The number of nitrogens with zero attached hydrogens (tertiary/aromatic N) is 2. The molecule has 142 valence electrons. The van der Waals surface area contributed by atoms with Crippen molar-refractivity contribution in [3.63, 3.8) is 0 Å². The summed E-state index contributed by atoms with van der Waals surface area (Å²) in [5.74, 6) is -0.120. The molecule has 2 aromatic rings. The maximum absolute atomic E-state index is 12.4. The first kappa shape index (κ1) is 19.0. The molecule has 0 aliphatic carbocycles. The summed E-state index contributed by atoms with van der Waals surface area (Å²) < 4.78 is 10.3. The Morgan fingerprint density at radius 3 is 2.67 bits per heavy atom. The molecule has 0 N–H and O–H groups in total. The lowest BCUT2D eigenvalue weighted by Gasteiger charge is -2.12. The zero-order valence-electron chi connectivity index (χ0n) is 15.1. The van der Waals surface area contributed by atoms with Gasteiger partial charge in [-0.05, 0) is 37.6 Å². The number of amides is 1. The first-order valence-corrected chi connectivity index (χ1v) is 9.48. The van der Waals surface area contributed by atoms with E-state index in [1.165, 1.54) is 11.3 Å². The Kier molecular flexibility index (Phi) is 5.85. The molecule has 1 fully saturated rings. The largest absolute Gasteiger partial charge is 0.497 e. The van der Waals surface area contributed by atoms with E-state index in [1.54, 1.807) is 48.6 Å². The van der Waals surface area contributed by atoms with Crippen LogP contribution in [0.4, 0.5) is 5.13 Å². The first-order valence-electron chi connectivity index (χ1n) is 8.60. The molecule has 2 heterocycles. The highest BCUT2D eigenvalue weighted by Crippen LogP contribution is 2.25. The number of methoxy groups -OCH3 is 1. The van der Waals surface area contributed by atoms with Gasteiger partial charge in [0.1, 0.15) is 5.75 Å². The van der Waals surface area contributed by atoms with Crippen molar-refractivity contribution in [1.29, 1.82) is 0 Å². The number of hydrogen-bond donors (Lipinski definition) is 0. The Hall–Kier alpha value is -2.74. The number of aromatic nitrogens is 1. The third kappa shape index (κ3) is 4.51. The van der Waals surface area contributed by atoms with E-state index in [-0.39, 0.29) is 18.1 Å². The van der Waals surface area contributed by atoms with Gasteiger partial charge in [-0.1, -0.05) is 0 Å². The molecule has 27 heavy (non-hydrogen) atoms. The highest BCUT2D eigenvalue weighted by atomic mass is 32.1. The molecular weight excluding hydrogens is 368 g/mol. The van der Waals surface area contributed by atoms with Gasteiger partial charge in [-0.15, -0.1) is 11.3 Å². The molecule has 8 heteroatoms. The standard InChI is InChI=1S/C19H20N2O5S/c1-12(18(24)13-5-7-15(25-2)8-6-13)26-17(23)10-14-11-27-19(20-14)21-9-3-4-16(21)22/h5-8,11-12H,3-4,9-10H2,1-2H3/t12-/m0/s1. The van der Waals surface area contributed by atoms with Crippen molar-refractivity contribution >= 4 is 34.1 Å². The Labute approximate surface area is 160 Å². The van der Waals surface area contributed by atoms with Gasteiger partial charge in [0.05, 0.1) is 19.2 Å². The number of hydrogen-bond acceptors (Lipinski definition) is 7. The van der Waals surface area contributed by atoms with Crippen LogP contribution in [0.15, 0.2) is 29.6 Å². The Bertz CT molecular complexity index is 846. The summed E-state index contributed by atoms with van der Waals surface area (Å²) in [5, 5.41) is 2.33. The van der Waals surface area contributed by atoms with Crippen LogP contribution < -0.4 is 9.64 Å². The third-order valence-corrected chi connectivity index (χ3v) is 5.13. The molecule has 3 rings (SSSR count). The summed E-state index contributed by atoms with van der Waals surface area (Å²) in [6.45, 7) is 2.20. The highest BCUT2D eigenvalue weighted by Gasteiger charge is 2.25. The van der Waals surface area contributed by atoms with E-state index in [9.17, 15) is 14.4 Å². The zero-order valence-corrected chi connectivity index (χ0v) is 16.0. The van der Waals surface area contributed by atoms with Crippen LogP contribution in [-0.2, 0) is 20.7 Å². The number of carbonyl (C=O) groups is 3. The van der Waals surface area contributed by atoms with Crippen LogP contribution in [0.1, 0.15) is 35.8 Å². The van der Waals surface area contributed by atoms with Crippen LogP contribution in [0.25, 0.3) is 0 Å². The van der Waals surface area contributed by atoms with Crippen molar-refractivity contribution < 1.29 is 23.9 Å². The van der Waals surface area contributed by atoms with Crippen molar-refractivity contribution in [1.82, 2.24) is 4.98 Å². The molecule has 1 atom stereocenters. The van der Waals surface area contributed by atoms with E-state index in [0.29, 0.717) is 35.1 Å². The molecule has 0 spiro atoms. The van der Waals surface area contributed by atoms with Crippen molar-refractivity contribution in [3.8, 4) is 5.75 Å². The van der Waals surface area contributed by atoms with E-state index in [0.717, 1.165) is 6.42 Å². The predicted molar refractivity (Wildman–Crippen MR) is 100 cm³/mol. The molecule has 1 amide bonds. The second-order valence-electron chi connectivity index (χ2n) is 6.17. The van der Waals surface area contributed by atoms with E-state index in [4.69, 9.17) is 9.47 Å². The lowest BCUT2D eigenvalue weighted by Crippen LogP contribution is -2.25. The number of anilines is 1. The Morgan fingerprint density at radius 2 is 2.04 bits per heavy atom. The van der Waals surface area contributed by atoms with E-state index in [1.807, 2.05) is 0 Å². The maximum Gasteiger partial charge on any atom is 0.312 e. The number of ketones is 1. The normalized spacial score (nSPS) is 14.9. The molecule has 0 unspecified atom stereocenters. The maximum atomic E-state index is 12.4. The van der Waals surface area contributed by atoms with Gasteiger partial charge in [0.25, 0.3) is 0 Å². The van der Waals surface area contributed by atoms with Crippen molar-refractivity contribution in [2.24, 2.45) is 0 Å². The van der Waals surface area contributed by atoms with Gasteiger partial charge >= 0.3 is 5.97 Å². The lowest BCUT2D eigenvalue weighted by molar-refractivity contribution is -0.145. The quantitative estimate of drug-likeness (QED) is 0.535. The van der Waals surface area contributed by atoms with Crippen molar-refractivity contribution in [2.75, 3.05) is 18.6 Å². The monoisotopic (exact) mass is 388 g/mol. The number of thiazole rings is 1. The fraction of sp³-hybridized carbons (Fsp3) is 0.368. The number of carbonyl (C=O) groups excluding carboxylic acids is 3. The van der Waals surface area contributed by atoms with E-state index >= 15 is 0 Å². The van der Waals surface area contributed by atoms with Crippen LogP contribution in [0, 0.1) is 0 Å². The zero-order chi connectivity index (χ0) is 19.4. The molecule has 1 aromatic heterocycles. The number of esters is 1. The van der Waals surface area contributed by atoms with Crippen molar-refractivity contribution in [3.05, 3.63) is 40.9 Å². The van der Waals surface area contributed by atoms with Crippen LogP contribution >= 0.6 is 11.3 Å². The van der Waals surface area contributed by atoms with Crippen molar-refractivity contribution in [2.45, 2.75) is 32.3 Å². The SMILES string of the molecule is COc1ccc(C(=O)[C@H](C)OC(=O)Cc2csc(N3CCCC3=O)n2)cc1. The predicted octanol–water partition coefficient (Wildman–Crippen LogP) is 2.64. The average molecular weight is 388 g/mol. The van der Waals surface area contributed by atoms with E-state index < -0.39 is 12.1 Å². The molecule has 1 aliphatic heterocycles. The third-order valence-electron chi connectivity index (χ3n) is 4.22. The molecule has 7 nitrogen and oxygen atoms in total. The molecule has 0 saturated carbocycles. The lowest BCUT2D eigenvalue weighted by atomic mass is 10.1. The number of ether oxygens (including phenoxy) is 2. The smallest absolute Gasteiger partial charge is 0.312 e. The fourth-order valence-electron chi connectivity index (χ4n) is 2.78. The summed E-state index contributed by atoms with van der Waals surface area (Å²) in [6.07, 6.45) is 0.408. The topological polar surface area (TPSA) is 85.8 Å². The molecule has 0 bridgehead atoms. The van der Waals surface area contributed by atoms with Gasteiger partial charge in [-0.3, -0.25) is 19.3 Å². The van der Waals surface area contributed by atoms with Gasteiger partial charge in [0.15, 0.2) is 11.2 Å². The summed E-state index contributed by atoms with van der Waals surface area (Å²) in [5.41, 5.74) is 0.975. The van der Waals surface area contributed by atoms with Gasteiger partial charge in [0, 0.05) is 23.9 Å². The van der Waals surface area contributed by atoms with Crippen LogP contribution in [0.2, 0.25) is 0 Å². The summed E-state index contributed by atoms with van der Waals surface area (Å²) in [6, 6.07) is 6.62. The summed E-state index contributed by atoms with van der Waals surface area (Å²) in [7, 11) is 1.55. The number of rotatable bonds is 7. The second-order valence-corrected chi connectivity index (χ2v) is 7.01. The van der Waals surface area contributed by atoms with Gasteiger partial charge in [-0.25, -0.2) is 4.98 Å². The summed E-state index contributed by atoms with van der Waals surface area (Å²) >= 11 is 1.33. The minimum atomic E-state index is -0.899. The van der Waals surface area contributed by atoms with E-state index in [2.05, 4.69) is 4.98 Å². The molecule has 0 radical (unpaired) electrons. The van der Waals surface area contributed by atoms with Gasteiger partial charge in [-0.2, -0.15) is 0 Å². The molecule has 1 aromatic carbocycles. The minimum absolute atomic E-state index is 0.0429. The average Bonchev–Trinajstić information content (AvgIpc) is 3.29. The minimum Gasteiger partial charge on any atom is -0.497 e. The molecular formula is C19H20N2O5S. The van der Waals surface area contributed by atoms with Gasteiger partial charge < -0.3 is 9.47 Å². The Morgan fingerprint density at radius 1 is 1.30 bits per heavy atom. The first-order chi connectivity index (χ1) is 13.0.